The van der Waals surface area contributed by atoms with Gasteiger partial charge in [0, 0.05) is 11.3 Å². The molecule has 0 saturated heterocycles. The summed E-state index contributed by atoms with van der Waals surface area (Å²) in [6.45, 7) is 0.770. The minimum Gasteiger partial charge on any atom is -0.482 e. The summed E-state index contributed by atoms with van der Waals surface area (Å²) in [4.78, 5) is 35.0. The number of amides is 1. The second-order valence-electron chi connectivity index (χ2n) is 6.42. The zero-order valence-electron chi connectivity index (χ0n) is 15.1. The van der Waals surface area contributed by atoms with E-state index in [1.807, 2.05) is 18.2 Å². The van der Waals surface area contributed by atoms with Crippen LogP contribution in [-0.4, -0.2) is 30.9 Å². The van der Waals surface area contributed by atoms with Gasteiger partial charge < -0.3 is 14.8 Å². The van der Waals surface area contributed by atoms with E-state index in [1.54, 1.807) is 24.3 Å². The molecule has 6 heteroatoms. The summed E-state index contributed by atoms with van der Waals surface area (Å²) < 4.78 is 10.4. The third-order valence-electron chi connectivity index (χ3n) is 4.34. The summed E-state index contributed by atoms with van der Waals surface area (Å²) in [7, 11) is 0. The molecule has 1 amide bonds. The maximum Gasteiger partial charge on any atom is 0.344 e. The van der Waals surface area contributed by atoms with Crippen molar-refractivity contribution < 1.29 is 23.9 Å². The molecule has 0 unspecified atom stereocenters. The number of rotatable bonds is 7. The molecule has 0 fully saturated rings. The SMILES string of the molecule is CC(=O)c1cccc(NC(=O)COC(=O)COc2ccc3c(c2)CCC3)c1. The number of benzene rings is 2. The Hall–Kier alpha value is -3.15. The lowest BCUT2D eigenvalue weighted by atomic mass is 10.1. The van der Waals surface area contributed by atoms with Crippen LogP contribution in [0.4, 0.5) is 5.69 Å². The number of hydrogen-bond donors (Lipinski definition) is 1. The van der Waals surface area contributed by atoms with Gasteiger partial charge in [-0.3, -0.25) is 9.59 Å². The number of carbonyl (C=O) groups is 3. The summed E-state index contributed by atoms with van der Waals surface area (Å²) in [6, 6.07) is 12.4. The molecule has 3 rings (SSSR count). The zero-order chi connectivity index (χ0) is 19.2. The maximum absolute atomic E-state index is 11.9. The van der Waals surface area contributed by atoms with Crippen LogP contribution in [0.15, 0.2) is 42.5 Å². The maximum atomic E-state index is 11.9. The fourth-order valence-electron chi connectivity index (χ4n) is 2.98. The van der Waals surface area contributed by atoms with Crippen molar-refractivity contribution in [2.45, 2.75) is 26.2 Å². The Morgan fingerprint density at radius 2 is 1.81 bits per heavy atom. The molecule has 0 aromatic heterocycles. The first-order valence-electron chi connectivity index (χ1n) is 8.82. The molecule has 0 bridgehead atoms. The van der Waals surface area contributed by atoms with E-state index in [4.69, 9.17) is 9.47 Å². The highest BCUT2D eigenvalue weighted by molar-refractivity contribution is 5.97. The molecule has 0 atom stereocenters. The topological polar surface area (TPSA) is 81.7 Å². The minimum absolute atomic E-state index is 0.0961. The van der Waals surface area contributed by atoms with Gasteiger partial charge >= 0.3 is 5.97 Å². The molecule has 27 heavy (non-hydrogen) atoms. The fraction of sp³-hybridized carbons (Fsp3) is 0.286. The minimum atomic E-state index is -0.622. The lowest BCUT2D eigenvalue weighted by Gasteiger charge is -2.09. The van der Waals surface area contributed by atoms with Crippen molar-refractivity contribution in [1.29, 1.82) is 0 Å². The molecule has 1 N–H and O–H groups in total. The van der Waals surface area contributed by atoms with Crippen LogP contribution in [0.3, 0.4) is 0 Å². The average molecular weight is 367 g/mol. The van der Waals surface area contributed by atoms with E-state index in [2.05, 4.69) is 5.32 Å². The van der Waals surface area contributed by atoms with Crippen molar-refractivity contribution in [1.82, 2.24) is 0 Å². The summed E-state index contributed by atoms with van der Waals surface area (Å²) in [5.74, 6) is -0.580. The number of carbonyl (C=O) groups excluding carboxylic acids is 3. The molecular weight excluding hydrogens is 346 g/mol. The van der Waals surface area contributed by atoms with Crippen LogP contribution in [0, 0.1) is 0 Å². The normalized spacial score (nSPS) is 12.2. The van der Waals surface area contributed by atoms with E-state index in [1.165, 1.54) is 18.1 Å². The van der Waals surface area contributed by atoms with Crippen LogP contribution in [0.5, 0.6) is 5.75 Å². The molecule has 0 saturated carbocycles. The van der Waals surface area contributed by atoms with E-state index < -0.39 is 18.5 Å². The van der Waals surface area contributed by atoms with Crippen LogP contribution in [0.1, 0.15) is 34.8 Å². The van der Waals surface area contributed by atoms with E-state index in [0.29, 0.717) is 17.0 Å². The lowest BCUT2D eigenvalue weighted by molar-refractivity contribution is -0.149. The summed E-state index contributed by atoms with van der Waals surface area (Å²) in [5, 5.41) is 2.59. The van der Waals surface area contributed by atoms with Gasteiger partial charge in [-0.15, -0.1) is 0 Å². The first-order chi connectivity index (χ1) is 13.0. The van der Waals surface area contributed by atoms with Gasteiger partial charge in [0.1, 0.15) is 5.75 Å². The Labute approximate surface area is 157 Å². The van der Waals surface area contributed by atoms with Gasteiger partial charge in [-0.25, -0.2) is 4.79 Å². The number of nitrogens with one attached hydrogen (secondary N) is 1. The molecule has 2 aromatic rings. The number of fused-ring (bicyclic) bond motifs is 1. The van der Waals surface area contributed by atoms with Crippen molar-refractivity contribution in [2.24, 2.45) is 0 Å². The zero-order valence-corrected chi connectivity index (χ0v) is 15.1. The van der Waals surface area contributed by atoms with E-state index in [9.17, 15) is 14.4 Å². The Morgan fingerprint density at radius 3 is 2.63 bits per heavy atom. The lowest BCUT2D eigenvalue weighted by Crippen LogP contribution is -2.23. The van der Waals surface area contributed by atoms with Crippen molar-refractivity contribution in [3.63, 3.8) is 0 Å². The Balaban J connectivity index is 1.43. The third-order valence-corrected chi connectivity index (χ3v) is 4.34. The molecule has 0 spiro atoms. The number of ether oxygens (including phenoxy) is 2. The number of esters is 1. The quantitative estimate of drug-likeness (QED) is 0.601. The summed E-state index contributed by atoms with van der Waals surface area (Å²) in [5.41, 5.74) is 3.55. The van der Waals surface area contributed by atoms with Crippen LogP contribution in [0.25, 0.3) is 0 Å². The van der Waals surface area contributed by atoms with E-state index in [-0.39, 0.29) is 12.4 Å². The largest absolute Gasteiger partial charge is 0.482 e. The molecule has 1 aliphatic rings. The predicted octanol–water partition coefficient (Wildman–Crippen LogP) is 2.94. The highest BCUT2D eigenvalue weighted by atomic mass is 16.6. The van der Waals surface area contributed by atoms with Gasteiger partial charge in [0.15, 0.2) is 19.0 Å². The van der Waals surface area contributed by atoms with Gasteiger partial charge in [-0.2, -0.15) is 0 Å². The number of ketones is 1. The van der Waals surface area contributed by atoms with Gasteiger partial charge in [0.05, 0.1) is 0 Å². The Kier molecular flexibility index (Phi) is 5.86. The smallest absolute Gasteiger partial charge is 0.344 e. The fourth-order valence-corrected chi connectivity index (χ4v) is 2.98. The van der Waals surface area contributed by atoms with Crippen molar-refractivity contribution in [2.75, 3.05) is 18.5 Å². The van der Waals surface area contributed by atoms with Crippen molar-refractivity contribution in [3.05, 3.63) is 59.2 Å². The predicted molar refractivity (Wildman–Crippen MR) is 100.0 cm³/mol. The van der Waals surface area contributed by atoms with Crippen LogP contribution in [-0.2, 0) is 27.2 Å². The molecule has 2 aromatic carbocycles. The highest BCUT2D eigenvalue weighted by Gasteiger charge is 2.13. The standard InChI is InChI=1S/C21H21NO5/c1-14(23)16-5-3-7-18(10-16)22-20(24)12-27-21(25)13-26-19-9-8-15-4-2-6-17(15)11-19/h3,5,7-11H,2,4,6,12-13H2,1H3,(H,22,24). The summed E-state index contributed by atoms with van der Waals surface area (Å²) >= 11 is 0. The van der Waals surface area contributed by atoms with Gasteiger partial charge in [0.25, 0.3) is 5.91 Å². The molecule has 1 aliphatic carbocycles. The number of Topliss-reactive ketones (excluding diaryl/α,β-unsaturated/α-hetero) is 1. The molecule has 0 aliphatic heterocycles. The highest BCUT2D eigenvalue weighted by Crippen LogP contribution is 2.25. The second kappa shape index (κ2) is 8.49. The van der Waals surface area contributed by atoms with Crippen molar-refractivity contribution in [3.8, 4) is 5.75 Å². The second-order valence-corrected chi connectivity index (χ2v) is 6.42. The van der Waals surface area contributed by atoms with E-state index >= 15 is 0 Å². The van der Waals surface area contributed by atoms with Gasteiger partial charge in [-0.05, 0) is 61.6 Å². The summed E-state index contributed by atoms with van der Waals surface area (Å²) in [6.07, 6.45) is 3.26. The molecular formula is C21H21NO5. The molecule has 140 valence electrons. The number of hydrogen-bond acceptors (Lipinski definition) is 5. The Bertz CT molecular complexity index is 875. The molecule has 6 nitrogen and oxygen atoms in total. The Morgan fingerprint density at radius 1 is 1.00 bits per heavy atom. The first-order valence-corrected chi connectivity index (χ1v) is 8.82. The first kappa shape index (κ1) is 18.6. The molecule has 0 heterocycles. The van der Waals surface area contributed by atoms with E-state index in [0.717, 1.165) is 19.3 Å². The van der Waals surface area contributed by atoms with Crippen molar-refractivity contribution >= 4 is 23.3 Å². The number of aryl methyl sites for hydroxylation is 2. The number of anilines is 1. The third kappa shape index (κ3) is 5.17. The van der Waals surface area contributed by atoms with Crippen LogP contribution in [0.2, 0.25) is 0 Å². The van der Waals surface area contributed by atoms with Gasteiger partial charge in [-0.1, -0.05) is 18.2 Å². The van der Waals surface area contributed by atoms with Crippen LogP contribution >= 0.6 is 0 Å². The van der Waals surface area contributed by atoms with Gasteiger partial charge in [0.2, 0.25) is 0 Å². The average Bonchev–Trinajstić information content (AvgIpc) is 3.12. The van der Waals surface area contributed by atoms with Crippen LogP contribution < -0.4 is 10.1 Å². The monoisotopic (exact) mass is 367 g/mol. The molecule has 0 radical (unpaired) electrons.